The van der Waals surface area contributed by atoms with Gasteiger partial charge in [0, 0.05) is 19.1 Å². The number of aliphatic hydroxyl groups is 1. The molecule has 5 heteroatoms. The van der Waals surface area contributed by atoms with E-state index < -0.39 is 0 Å². The van der Waals surface area contributed by atoms with Gasteiger partial charge in [-0.15, -0.1) is 0 Å². The van der Waals surface area contributed by atoms with Crippen LogP contribution < -0.4 is 10.6 Å². The predicted molar refractivity (Wildman–Crippen MR) is 90.9 cm³/mol. The number of urea groups is 1. The first-order valence-corrected chi connectivity index (χ1v) is 8.65. The standard InChI is InChI=1S/C17H35N3O2/c1-13(2)15(20-8-6-7-9-20)11-18-16(22)19-12-17(4,5)10-14(3)21/h13-15,21H,6-12H2,1-5H3,(H2,18,19,22). The number of rotatable bonds is 8. The maximum atomic E-state index is 12.0. The second kappa shape index (κ2) is 8.73. The summed E-state index contributed by atoms with van der Waals surface area (Å²) in [5.41, 5.74) is -0.0993. The van der Waals surface area contributed by atoms with E-state index in [1.54, 1.807) is 6.92 Å². The number of likely N-dealkylation sites (tertiary alicyclic amines) is 1. The quantitative estimate of drug-likeness (QED) is 0.644. The molecule has 1 aliphatic rings. The number of nitrogens with zero attached hydrogens (tertiary/aromatic N) is 1. The van der Waals surface area contributed by atoms with E-state index in [-0.39, 0.29) is 17.6 Å². The third-order valence-electron chi connectivity index (χ3n) is 4.43. The van der Waals surface area contributed by atoms with Crippen molar-refractivity contribution in [1.29, 1.82) is 0 Å². The molecule has 0 aromatic carbocycles. The van der Waals surface area contributed by atoms with Crippen molar-refractivity contribution in [2.45, 2.75) is 66.0 Å². The minimum absolute atomic E-state index is 0.0993. The number of hydrogen-bond donors (Lipinski definition) is 3. The van der Waals surface area contributed by atoms with Crippen LogP contribution in [0.4, 0.5) is 4.79 Å². The van der Waals surface area contributed by atoms with Crippen molar-refractivity contribution in [2.75, 3.05) is 26.2 Å². The lowest BCUT2D eigenvalue weighted by Crippen LogP contribution is -2.49. The highest BCUT2D eigenvalue weighted by Gasteiger charge is 2.25. The number of carbonyl (C=O) groups excluding carboxylic acids is 1. The molecule has 22 heavy (non-hydrogen) atoms. The molecular formula is C17H35N3O2. The van der Waals surface area contributed by atoms with Crippen LogP contribution in [-0.2, 0) is 0 Å². The molecule has 0 saturated carbocycles. The molecule has 2 atom stereocenters. The van der Waals surface area contributed by atoms with Crippen LogP contribution >= 0.6 is 0 Å². The number of carbonyl (C=O) groups is 1. The van der Waals surface area contributed by atoms with Gasteiger partial charge in [-0.2, -0.15) is 0 Å². The fraction of sp³-hybridized carbons (Fsp3) is 0.941. The molecule has 1 aliphatic heterocycles. The number of hydrogen-bond acceptors (Lipinski definition) is 3. The number of nitrogens with one attached hydrogen (secondary N) is 2. The molecule has 2 unspecified atom stereocenters. The van der Waals surface area contributed by atoms with E-state index in [0.29, 0.717) is 31.5 Å². The number of aliphatic hydroxyl groups excluding tert-OH is 1. The van der Waals surface area contributed by atoms with Crippen LogP contribution in [0, 0.1) is 11.3 Å². The van der Waals surface area contributed by atoms with Crippen LogP contribution in [0.3, 0.4) is 0 Å². The molecular weight excluding hydrogens is 278 g/mol. The third kappa shape index (κ3) is 6.97. The van der Waals surface area contributed by atoms with Crippen LogP contribution in [0.25, 0.3) is 0 Å². The molecule has 1 saturated heterocycles. The summed E-state index contributed by atoms with van der Waals surface area (Å²) >= 11 is 0. The topological polar surface area (TPSA) is 64.6 Å². The average Bonchev–Trinajstić information content (AvgIpc) is 2.88. The van der Waals surface area contributed by atoms with Crippen molar-refractivity contribution in [3.63, 3.8) is 0 Å². The summed E-state index contributed by atoms with van der Waals surface area (Å²) in [6.45, 7) is 13.9. The summed E-state index contributed by atoms with van der Waals surface area (Å²) in [6.07, 6.45) is 2.86. The van der Waals surface area contributed by atoms with E-state index in [0.717, 1.165) is 13.1 Å². The van der Waals surface area contributed by atoms with Gasteiger partial charge in [0.15, 0.2) is 0 Å². The lowest BCUT2D eigenvalue weighted by Gasteiger charge is -2.31. The molecule has 2 amide bonds. The van der Waals surface area contributed by atoms with Crippen molar-refractivity contribution < 1.29 is 9.90 Å². The van der Waals surface area contributed by atoms with Crippen LogP contribution in [0.15, 0.2) is 0 Å². The Labute approximate surface area is 135 Å². The summed E-state index contributed by atoms with van der Waals surface area (Å²) < 4.78 is 0. The lowest BCUT2D eigenvalue weighted by molar-refractivity contribution is 0.128. The Balaban J connectivity index is 2.34. The molecule has 0 bridgehead atoms. The fourth-order valence-electron chi connectivity index (χ4n) is 3.31. The summed E-state index contributed by atoms with van der Waals surface area (Å²) in [7, 11) is 0. The van der Waals surface area contributed by atoms with Gasteiger partial charge in [-0.25, -0.2) is 4.79 Å². The van der Waals surface area contributed by atoms with Crippen molar-refractivity contribution in [3.8, 4) is 0 Å². The Bertz CT molecular complexity index is 337. The largest absolute Gasteiger partial charge is 0.393 e. The van der Waals surface area contributed by atoms with Gasteiger partial charge in [-0.3, -0.25) is 4.90 Å². The van der Waals surface area contributed by atoms with Gasteiger partial charge in [0.1, 0.15) is 0 Å². The summed E-state index contributed by atoms with van der Waals surface area (Å²) in [6, 6.07) is 0.308. The molecule has 0 radical (unpaired) electrons. The predicted octanol–water partition coefficient (Wildman–Crippen LogP) is 2.20. The van der Waals surface area contributed by atoms with Crippen molar-refractivity contribution in [2.24, 2.45) is 11.3 Å². The highest BCUT2D eigenvalue weighted by molar-refractivity contribution is 5.73. The molecule has 1 fully saturated rings. The van der Waals surface area contributed by atoms with Gasteiger partial charge in [0.25, 0.3) is 0 Å². The summed E-state index contributed by atoms with van der Waals surface area (Å²) in [5.74, 6) is 0.532. The first-order valence-electron chi connectivity index (χ1n) is 8.65. The van der Waals surface area contributed by atoms with Crippen molar-refractivity contribution in [3.05, 3.63) is 0 Å². The first kappa shape index (κ1) is 19.2. The molecule has 0 aromatic rings. The molecule has 0 spiro atoms. The molecule has 5 nitrogen and oxygen atoms in total. The van der Waals surface area contributed by atoms with E-state index in [9.17, 15) is 9.90 Å². The lowest BCUT2D eigenvalue weighted by atomic mass is 9.87. The fourth-order valence-corrected chi connectivity index (χ4v) is 3.31. The summed E-state index contributed by atoms with van der Waals surface area (Å²) in [4.78, 5) is 14.5. The minimum Gasteiger partial charge on any atom is -0.393 e. The zero-order chi connectivity index (χ0) is 16.8. The molecule has 3 N–H and O–H groups in total. The molecule has 1 heterocycles. The average molecular weight is 313 g/mol. The SMILES string of the molecule is CC(O)CC(C)(C)CNC(=O)NCC(C(C)C)N1CCCC1. The maximum absolute atomic E-state index is 12.0. The maximum Gasteiger partial charge on any atom is 0.314 e. The molecule has 1 rings (SSSR count). The zero-order valence-electron chi connectivity index (χ0n) is 15.0. The van der Waals surface area contributed by atoms with Crippen molar-refractivity contribution >= 4 is 6.03 Å². The Kier molecular flexibility index (Phi) is 7.63. The molecule has 0 aromatic heterocycles. The van der Waals surface area contributed by atoms with Crippen LogP contribution in [0.1, 0.15) is 53.9 Å². The Morgan fingerprint density at radius 3 is 2.27 bits per heavy atom. The van der Waals surface area contributed by atoms with Crippen LogP contribution in [0.5, 0.6) is 0 Å². The second-order valence-corrected chi connectivity index (χ2v) is 7.84. The zero-order valence-corrected chi connectivity index (χ0v) is 15.0. The van der Waals surface area contributed by atoms with E-state index in [1.807, 2.05) is 0 Å². The second-order valence-electron chi connectivity index (χ2n) is 7.84. The van der Waals surface area contributed by atoms with E-state index in [2.05, 4.69) is 43.2 Å². The van der Waals surface area contributed by atoms with Gasteiger partial charge in [-0.05, 0) is 50.6 Å². The minimum atomic E-state index is -0.347. The third-order valence-corrected chi connectivity index (χ3v) is 4.43. The first-order chi connectivity index (χ1) is 10.2. The van der Waals surface area contributed by atoms with E-state index >= 15 is 0 Å². The molecule has 130 valence electrons. The summed E-state index contributed by atoms with van der Waals surface area (Å²) in [5, 5.41) is 15.4. The van der Waals surface area contributed by atoms with Gasteiger partial charge in [0.2, 0.25) is 0 Å². The van der Waals surface area contributed by atoms with Gasteiger partial charge < -0.3 is 15.7 Å². The van der Waals surface area contributed by atoms with E-state index in [1.165, 1.54) is 12.8 Å². The highest BCUT2D eigenvalue weighted by atomic mass is 16.3. The van der Waals surface area contributed by atoms with Crippen LogP contribution in [-0.4, -0.2) is 54.4 Å². The van der Waals surface area contributed by atoms with Gasteiger partial charge in [0.05, 0.1) is 6.10 Å². The smallest absolute Gasteiger partial charge is 0.314 e. The van der Waals surface area contributed by atoms with Gasteiger partial charge >= 0.3 is 6.03 Å². The Morgan fingerprint density at radius 2 is 1.77 bits per heavy atom. The Morgan fingerprint density at radius 1 is 1.18 bits per heavy atom. The number of amides is 2. The van der Waals surface area contributed by atoms with Crippen molar-refractivity contribution in [1.82, 2.24) is 15.5 Å². The monoisotopic (exact) mass is 313 g/mol. The molecule has 0 aliphatic carbocycles. The Hall–Kier alpha value is -0.810. The van der Waals surface area contributed by atoms with Crippen LogP contribution in [0.2, 0.25) is 0 Å². The van der Waals surface area contributed by atoms with E-state index in [4.69, 9.17) is 0 Å². The normalized spacial score (nSPS) is 19.2. The van der Waals surface area contributed by atoms with Gasteiger partial charge in [-0.1, -0.05) is 27.7 Å². The highest BCUT2D eigenvalue weighted by Crippen LogP contribution is 2.21.